The number of ether oxygens (including phenoxy) is 1. The van der Waals surface area contributed by atoms with Gasteiger partial charge in [-0.1, -0.05) is 18.2 Å². The number of hydrogen-bond donors (Lipinski definition) is 2. The van der Waals surface area contributed by atoms with Crippen LogP contribution in [0.15, 0.2) is 58.5 Å². The molecule has 0 aliphatic rings. The molecule has 0 bridgehead atoms. The van der Waals surface area contributed by atoms with E-state index in [0.29, 0.717) is 26.1 Å². The molecule has 4 rings (SSSR count). The van der Waals surface area contributed by atoms with E-state index >= 15 is 0 Å². The molecule has 0 aliphatic heterocycles. The highest BCUT2D eigenvalue weighted by Gasteiger charge is 2.18. The number of rotatable bonds is 8. The summed E-state index contributed by atoms with van der Waals surface area (Å²) in [4.78, 5) is 41.8. The first kappa shape index (κ1) is 23.4. The van der Waals surface area contributed by atoms with Crippen molar-refractivity contribution in [1.82, 2.24) is 4.98 Å². The molecule has 2 N–H and O–H groups in total. The van der Waals surface area contributed by atoms with E-state index in [9.17, 15) is 14.4 Å². The van der Waals surface area contributed by atoms with Crippen molar-refractivity contribution in [2.24, 2.45) is 0 Å². The van der Waals surface area contributed by atoms with Gasteiger partial charge in [0.05, 0.1) is 23.4 Å². The fraction of sp³-hybridized carbons (Fsp3) is 0.167. The highest BCUT2D eigenvalue weighted by atomic mass is 32.1. The minimum absolute atomic E-state index is 0.0137. The Kier molecular flexibility index (Phi) is 7.19. The summed E-state index contributed by atoms with van der Waals surface area (Å²) in [5, 5.41) is 8.50. The third-order valence-electron chi connectivity index (χ3n) is 4.77. The second-order valence-electron chi connectivity index (χ2n) is 7.40. The molecular formula is C24H21N3O5S2. The molecule has 8 nitrogen and oxygen atoms in total. The third kappa shape index (κ3) is 5.77. The van der Waals surface area contributed by atoms with E-state index in [1.54, 1.807) is 30.5 Å². The number of thiazole rings is 1. The second-order valence-corrected chi connectivity index (χ2v) is 9.40. The lowest BCUT2D eigenvalue weighted by Crippen LogP contribution is -2.15. The highest BCUT2D eigenvalue weighted by molar-refractivity contribution is 7.18. The van der Waals surface area contributed by atoms with E-state index in [1.807, 2.05) is 31.2 Å². The fourth-order valence-corrected chi connectivity index (χ4v) is 4.81. The number of amides is 2. The van der Waals surface area contributed by atoms with Crippen LogP contribution in [0, 0.1) is 13.8 Å². The topological polar surface area (TPSA) is 111 Å². The number of carbonyl (C=O) groups is 3. The Balaban J connectivity index is 1.30. The SMILES string of the molecule is Cc1ccccc1NC(=O)Cc1nc(COC(=O)c2sc(NC(=O)c3ccco3)cc2C)cs1. The standard InChI is InChI=1S/C24H21N3O5S2/c1-14-6-3-4-7-17(14)26-19(28)11-20-25-16(13-33-20)12-32-24(30)22-15(2)10-21(34-22)27-23(29)18-8-5-9-31-18/h3-10,13H,11-12H2,1-2H3,(H,26,28)(H,27,29). The van der Waals surface area contributed by atoms with Crippen molar-refractivity contribution >= 4 is 51.1 Å². The van der Waals surface area contributed by atoms with Crippen molar-refractivity contribution in [3.63, 3.8) is 0 Å². The van der Waals surface area contributed by atoms with Crippen LogP contribution in [0.5, 0.6) is 0 Å². The van der Waals surface area contributed by atoms with Crippen LogP contribution in [0.1, 0.15) is 42.1 Å². The molecule has 1 aromatic carbocycles. The molecule has 4 aromatic rings. The van der Waals surface area contributed by atoms with Gasteiger partial charge in [-0.15, -0.1) is 22.7 Å². The number of carbonyl (C=O) groups excluding carboxylic acids is 3. The van der Waals surface area contributed by atoms with Crippen LogP contribution in [0.25, 0.3) is 0 Å². The number of hydrogen-bond acceptors (Lipinski definition) is 8. The molecule has 0 aliphatic carbocycles. The number of esters is 1. The molecule has 0 spiro atoms. The van der Waals surface area contributed by atoms with E-state index < -0.39 is 11.9 Å². The summed E-state index contributed by atoms with van der Waals surface area (Å²) in [7, 11) is 0. The maximum absolute atomic E-state index is 12.6. The van der Waals surface area contributed by atoms with Gasteiger partial charge in [-0.05, 0) is 49.2 Å². The smallest absolute Gasteiger partial charge is 0.349 e. The van der Waals surface area contributed by atoms with Gasteiger partial charge in [0, 0.05) is 11.1 Å². The quantitative estimate of drug-likeness (QED) is 0.325. The molecular weight excluding hydrogens is 474 g/mol. The van der Waals surface area contributed by atoms with E-state index in [-0.39, 0.29) is 24.7 Å². The highest BCUT2D eigenvalue weighted by Crippen LogP contribution is 2.28. The molecule has 0 unspecified atom stereocenters. The minimum atomic E-state index is -0.507. The lowest BCUT2D eigenvalue weighted by Gasteiger charge is -2.06. The number of furan rings is 1. The second kappa shape index (κ2) is 10.4. The third-order valence-corrected chi connectivity index (χ3v) is 6.80. The van der Waals surface area contributed by atoms with E-state index in [0.717, 1.165) is 22.6 Å². The van der Waals surface area contributed by atoms with Crippen LogP contribution in [-0.2, 0) is 22.6 Å². The van der Waals surface area contributed by atoms with E-state index in [1.165, 1.54) is 17.6 Å². The monoisotopic (exact) mass is 495 g/mol. The van der Waals surface area contributed by atoms with Gasteiger partial charge in [-0.3, -0.25) is 9.59 Å². The van der Waals surface area contributed by atoms with Gasteiger partial charge in [-0.2, -0.15) is 0 Å². The van der Waals surface area contributed by atoms with Gasteiger partial charge in [0.15, 0.2) is 5.76 Å². The predicted molar refractivity (Wildman–Crippen MR) is 130 cm³/mol. The Labute approximate surface area is 203 Å². The van der Waals surface area contributed by atoms with Crippen molar-refractivity contribution in [3.05, 3.63) is 86.6 Å². The van der Waals surface area contributed by atoms with Crippen LogP contribution in [0.3, 0.4) is 0 Å². The van der Waals surface area contributed by atoms with Crippen LogP contribution in [-0.4, -0.2) is 22.8 Å². The van der Waals surface area contributed by atoms with Crippen molar-refractivity contribution in [3.8, 4) is 0 Å². The first-order valence-electron chi connectivity index (χ1n) is 10.3. The molecule has 10 heteroatoms. The molecule has 0 saturated heterocycles. The summed E-state index contributed by atoms with van der Waals surface area (Å²) >= 11 is 2.46. The summed E-state index contributed by atoms with van der Waals surface area (Å²) in [6, 6.07) is 12.4. The van der Waals surface area contributed by atoms with Crippen LogP contribution in [0.2, 0.25) is 0 Å². The van der Waals surface area contributed by atoms with E-state index in [2.05, 4.69) is 15.6 Å². The van der Waals surface area contributed by atoms with Gasteiger partial charge in [0.25, 0.3) is 5.91 Å². The summed E-state index contributed by atoms with van der Waals surface area (Å²) in [6.07, 6.45) is 1.55. The van der Waals surface area contributed by atoms with Crippen molar-refractivity contribution in [1.29, 1.82) is 0 Å². The Morgan fingerprint density at radius 3 is 2.65 bits per heavy atom. The number of anilines is 2. The zero-order valence-corrected chi connectivity index (χ0v) is 20.0. The average Bonchev–Trinajstić information content (AvgIpc) is 3.55. The zero-order chi connectivity index (χ0) is 24.1. The molecule has 3 aromatic heterocycles. The number of aryl methyl sites for hydroxylation is 2. The predicted octanol–water partition coefficient (Wildman–Crippen LogP) is 5.20. The van der Waals surface area contributed by atoms with E-state index in [4.69, 9.17) is 9.15 Å². The van der Waals surface area contributed by atoms with Crippen LogP contribution >= 0.6 is 22.7 Å². The number of aromatic nitrogens is 1. The molecule has 34 heavy (non-hydrogen) atoms. The molecule has 3 heterocycles. The molecule has 0 fully saturated rings. The fourth-order valence-electron chi connectivity index (χ4n) is 3.07. The molecule has 0 saturated carbocycles. The van der Waals surface area contributed by atoms with Gasteiger partial charge in [0.2, 0.25) is 5.91 Å². The van der Waals surface area contributed by atoms with Gasteiger partial charge >= 0.3 is 5.97 Å². The number of thiophene rings is 1. The van der Waals surface area contributed by atoms with Crippen molar-refractivity contribution in [2.75, 3.05) is 10.6 Å². The first-order chi connectivity index (χ1) is 16.4. The Morgan fingerprint density at radius 2 is 1.88 bits per heavy atom. The minimum Gasteiger partial charge on any atom is -0.459 e. The summed E-state index contributed by atoms with van der Waals surface area (Å²) < 4.78 is 10.5. The zero-order valence-electron chi connectivity index (χ0n) is 18.4. The summed E-state index contributed by atoms with van der Waals surface area (Å²) in [5.74, 6) is -0.881. The lowest BCUT2D eigenvalue weighted by molar-refractivity contribution is -0.115. The molecule has 174 valence electrons. The molecule has 2 amide bonds. The average molecular weight is 496 g/mol. The lowest BCUT2D eigenvalue weighted by atomic mass is 10.2. The van der Waals surface area contributed by atoms with Crippen molar-refractivity contribution in [2.45, 2.75) is 26.9 Å². The summed E-state index contributed by atoms with van der Waals surface area (Å²) in [6.45, 7) is 3.68. The maximum Gasteiger partial charge on any atom is 0.349 e. The number of para-hydroxylation sites is 1. The van der Waals surface area contributed by atoms with Crippen LogP contribution in [0.4, 0.5) is 10.7 Å². The Bertz CT molecular complexity index is 1320. The number of nitrogens with zero attached hydrogens (tertiary/aromatic N) is 1. The van der Waals surface area contributed by atoms with Crippen molar-refractivity contribution < 1.29 is 23.5 Å². The summed E-state index contributed by atoms with van der Waals surface area (Å²) in [5.41, 5.74) is 3.01. The Morgan fingerprint density at radius 1 is 1.06 bits per heavy atom. The van der Waals surface area contributed by atoms with Gasteiger partial charge < -0.3 is 19.8 Å². The largest absolute Gasteiger partial charge is 0.459 e. The normalized spacial score (nSPS) is 10.6. The van der Waals surface area contributed by atoms with Gasteiger partial charge in [-0.25, -0.2) is 9.78 Å². The number of nitrogens with one attached hydrogen (secondary N) is 2. The van der Waals surface area contributed by atoms with Gasteiger partial charge in [0.1, 0.15) is 16.5 Å². The maximum atomic E-state index is 12.6. The Hall–Kier alpha value is -3.76. The number of benzene rings is 1. The van der Waals surface area contributed by atoms with Crippen LogP contribution < -0.4 is 10.6 Å². The first-order valence-corrected chi connectivity index (χ1v) is 12.0. The molecule has 0 atom stereocenters. The molecule has 0 radical (unpaired) electrons.